The molecule has 39 heavy (non-hydrogen) atoms. The molecule has 198 valence electrons. The van der Waals surface area contributed by atoms with Crippen molar-refractivity contribution in [3.05, 3.63) is 105 Å². The summed E-state index contributed by atoms with van der Waals surface area (Å²) in [4.78, 5) is 37.3. The van der Waals surface area contributed by atoms with Crippen LogP contribution in [0, 0.1) is 13.8 Å². The van der Waals surface area contributed by atoms with Gasteiger partial charge in [0.05, 0.1) is 0 Å². The van der Waals surface area contributed by atoms with Gasteiger partial charge in [-0.3, -0.25) is 4.79 Å². The highest BCUT2D eigenvalue weighted by atomic mass is 35.5. The zero-order chi connectivity index (χ0) is 27.7. The molecular weight excluding hydrogens is 518 g/mol. The maximum Gasteiger partial charge on any atom is 0.339 e. The zero-order valence-corrected chi connectivity index (χ0v) is 22.2. The molecule has 1 amide bonds. The molecule has 0 aliphatic rings. The van der Waals surface area contributed by atoms with Crippen molar-refractivity contribution in [2.45, 2.75) is 39.2 Å². The lowest BCUT2D eigenvalue weighted by Gasteiger charge is -2.15. The highest BCUT2D eigenvalue weighted by Crippen LogP contribution is 2.37. The second-order valence-corrected chi connectivity index (χ2v) is 9.96. The average molecular weight is 544 g/mol. The first-order valence-corrected chi connectivity index (χ1v) is 12.9. The number of nitrogens with one attached hydrogen (secondary N) is 1. The quantitative estimate of drug-likeness (QED) is 0.225. The van der Waals surface area contributed by atoms with Gasteiger partial charge in [-0.1, -0.05) is 54.1 Å². The van der Waals surface area contributed by atoms with Crippen LogP contribution in [0.3, 0.4) is 0 Å². The van der Waals surface area contributed by atoms with Crippen LogP contribution in [0.15, 0.2) is 80.4 Å². The Morgan fingerprint density at radius 3 is 2.33 bits per heavy atom. The molecule has 8 heteroatoms. The van der Waals surface area contributed by atoms with Gasteiger partial charge in [-0.05, 0) is 55.2 Å². The van der Waals surface area contributed by atoms with Crippen molar-refractivity contribution in [3.63, 3.8) is 0 Å². The van der Waals surface area contributed by atoms with Crippen LogP contribution < -0.4 is 10.9 Å². The van der Waals surface area contributed by atoms with Gasteiger partial charge in [0.15, 0.2) is 0 Å². The van der Waals surface area contributed by atoms with Crippen LogP contribution in [-0.2, 0) is 22.4 Å². The molecular formula is C31H26ClNO6. The summed E-state index contributed by atoms with van der Waals surface area (Å²) >= 11 is 5.90. The first-order chi connectivity index (χ1) is 18.7. The largest absolute Gasteiger partial charge is 0.480 e. The normalized spacial score (nSPS) is 12.1. The van der Waals surface area contributed by atoms with Crippen molar-refractivity contribution in [2.75, 3.05) is 0 Å². The molecule has 0 radical (unpaired) electrons. The van der Waals surface area contributed by atoms with Gasteiger partial charge in [0.2, 0.25) is 5.91 Å². The Morgan fingerprint density at radius 1 is 0.949 bits per heavy atom. The Balaban J connectivity index is 1.40. The van der Waals surface area contributed by atoms with E-state index in [1.807, 2.05) is 50.2 Å². The van der Waals surface area contributed by atoms with E-state index in [1.165, 1.54) is 0 Å². The summed E-state index contributed by atoms with van der Waals surface area (Å²) in [7, 11) is 0. The zero-order valence-electron chi connectivity index (χ0n) is 21.4. The number of fused-ring (bicyclic) bond motifs is 2. The summed E-state index contributed by atoms with van der Waals surface area (Å²) in [6.07, 6.45) is 0.153. The standard InChI is InChI=1S/C31H26ClNO6/c1-17-22(12-13-28(34)33-25(30(35)36)14-19-8-10-21(32)11-9-19)31(37)39-26-16-27-24(15-23(17)26)29(18(2)38-27)20-6-4-3-5-7-20/h3-11,15-16,25H,12-14H2,1-2H3,(H,33,34)(H,35,36)/t25-/m0/s1. The van der Waals surface area contributed by atoms with Gasteiger partial charge in [-0.15, -0.1) is 0 Å². The number of carbonyl (C=O) groups excluding carboxylic acids is 1. The maximum absolute atomic E-state index is 12.9. The van der Waals surface area contributed by atoms with E-state index in [4.69, 9.17) is 20.4 Å². The van der Waals surface area contributed by atoms with Gasteiger partial charge in [-0.25, -0.2) is 9.59 Å². The minimum atomic E-state index is -1.15. The molecule has 0 bridgehead atoms. The van der Waals surface area contributed by atoms with Crippen LogP contribution in [0.25, 0.3) is 33.1 Å². The maximum atomic E-state index is 12.9. The van der Waals surface area contributed by atoms with Crippen molar-refractivity contribution in [3.8, 4) is 11.1 Å². The fourth-order valence-electron chi connectivity index (χ4n) is 4.92. The summed E-state index contributed by atoms with van der Waals surface area (Å²) in [5, 5.41) is 14.4. The lowest BCUT2D eigenvalue weighted by atomic mass is 9.98. The Kier molecular flexibility index (Phi) is 7.26. The van der Waals surface area contributed by atoms with E-state index in [9.17, 15) is 19.5 Å². The number of aryl methyl sites for hydroxylation is 2. The predicted octanol–water partition coefficient (Wildman–Crippen LogP) is 6.22. The molecule has 0 aliphatic heterocycles. The number of carbonyl (C=O) groups is 2. The van der Waals surface area contributed by atoms with Crippen LogP contribution in [-0.4, -0.2) is 23.0 Å². The van der Waals surface area contributed by atoms with E-state index in [1.54, 1.807) is 30.3 Å². The first-order valence-electron chi connectivity index (χ1n) is 12.5. The number of benzene rings is 3. The second-order valence-electron chi connectivity index (χ2n) is 9.53. The lowest BCUT2D eigenvalue weighted by molar-refractivity contribution is -0.141. The molecule has 7 nitrogen and oxygen atoms in total. The number of hydrogen-bond donors (Lipinski definition) is 2. The molecule has 0 spiro atoms. The number of hydrogen-bond acceptors (Lipinski definition) is 5. The Morgan fingerprint density at radius 2 is 1.64 bits per heavy atom. The summed E-state index contributed by atoms with van der Waals surface area (Å²) in [6, 6.07) is 19.3. The molecule has 5 aromatic rings. The smallest absolute Gasteiger partial charge is 0.339 e. The van der Waals surface area contributed by atoms with E-state index < -0.39 is 23.5 Å². The number of halogens is 1. The van der Waals surface area contributed by atoms with Gasteiger partial charge >= 0.3 is 11.6 Å². The molecule has 2 heterocycles. The number of rotatable bonds is 8. The van der Waals surface area contributed by atoms with Crippen molar-refractivity contribution in [1.29, 1.82) is 0 Å². The summed E-state index contributed by atoms with van der Waals surface area (Å²) < 4.78 is 11.6. The molecule has 5 rings (SSSR count). The van der Waals surface area contributed by atoms with Gasteiger partial charge in [-0.2, -0.15) is 0 Å². The third-order valence-electron chi connectivity index (χ3n) is 6.92. The van der Waals surface area contributed by atoms with Gasteiger partial charge in [0, 0.05) is 45.8 Å². The molecule has 0 saturated carbocycles. The van der Waals surface area contributed by atoms with Gasteiger partial charge in [0.1, 0.15) is 23.0 Å². The van der Waals surface area contributed by atoms with E-state index >= 15 is 0 Å². The van der Waals surface area contributed by atoms with E-state index in [2.05, 4.69) is 5.32 Å². The molecule has 0 saturated heterocycles. The molecule has 2 N–H and O–H groups in total. The summed E-state index contributed by atoms with van der Waals surface area (Å²) in [5.74, 6) is -0.856. The Labute approximate surface area is 229 Å². The molecule has 3 aromatic carbocycles. The number of amides is 1. The SMILES string of the molecule is Cc1oc2cc3oc(=O)c(CCC(=O)N[C@@H](Cc4ccc(Cl)cc4)C(=O)O)c(C)c3cc2c1-c1ccccc1. The Hall–Kier alpha value is -4.36. The van der Waals surface area contributed by atoms with Crippen molar-refractivity contribution in [1.82, 2.24) is 5.32 Å². The van der Waals surface area contributed by atoms with Crippen LogP contribution in [0.4, 0.5) is 0 Å². The fourth-order valence-corrected chi connectivity index (χ4v) is 5.04. The number of furan rings is 1. The van der Waals surface area contributed by atoms with Crippen molar-refractivity contribution in [2.24, 2.45) is 0 Å². The highest BCUT2D eigenvalue weighted by Gasteiger charge is 2.22. The average Bonchev–Trinajstić information content (AvgIpc) is 3.23. The topological polar surface area (TPSA) is 110 Å². The monoisotopic (exact) mass is 543 g/mol. The van der Waals surface area contributed by atoms with E-state index in [0.29, 0.717) is 27.3 Å². The molecule has 0 fully saturated rings. The molecule has 2 aromatic heterocycles. The van der Waals surface area contributed by atoms with Crippen LogP contribution >= 0.6 is 11.6 Å². The van der Waals surface area contributed by atoms with Crippen LogP contribution in [0.2, 0.25) is 5.02 Å². The Bertz CT molecular complexity index is 1750. The summed E-state index contributed by atoms with van der Waals surface area (Å²) in [5.41, 5.74) is 4.30. The van der Waals surface area contributed by atoms with Gasteiger partial charge in [0.25, 0.3) is 0 Å². The van der Waals surface area contributed by atoms with Crippen molar-refractivity contribution >= 4 is 45.4 Å². The number of carboxylic acids is 1. The molecule has 1 atom stereocenters. The fraction of sp³-hybridized carbons (Fsp3) is 0.194. The predicted molar refractivity (Wildman–Crippen MR) is 150 cm³/mol. The molecule has 0 aliphatic carbocycles. The summed E-state index contributed by atoms with van der Waals surface area (Å²) in [6.45, 7) is 3.73. The minimum Gasteiger partial charge on any atom is -0.480 e. The van der Waals surface area contributed by atoms with E-state index in [0.717, 1.165) is 33.2 Å². The third kappa shape index (κ3) is 5.45. The van der Waals surface area contributed by atoms with E-state index in [-0.39, 0.29) is 19.3 Å². The first kappa shape index (κ1) is 26.3. The minimum absolute atomic E-state index is 0.0656. The second kappa shape index (κ2) is 10.8. The lowest BCUT2D eigenvalue weighted by Crippen LogP contribution is -2.42. The highest BCUT2D eigenvalue weighted by molar-refractivity contribution is 6.30. The van der Waals surface area contributed by atoms with Crippen LogP contribution in [0.1, 0.15) is 28.9 Å². The number of aliphatic carboxylic acids is 1. The van der Waals surface area contributed by atoms with Gasteiger partial charge < -0.3 is 19.3 Å². The van der Waals surface area contributed by atoms with Crippen molar-refractivity contribution < 1.29 is 23.5 Å². The number of carboxylic acid groups (broad SMARTS) is 1. The van der Waals surface area contributed by atoms with Crippen LogP contribution in [0.5, 0.6) is 0 Å². The molecule has 0 unspecified atom stereocenters. The third-order valence-corrected chi connectivity index (χ3v) is 7.17.